The van der Waals surface area contributed by atoms with Gasteiger partial charge in [-0.1, -0.05) is 37.5 Å². The Balaban J connectivity index is 1.61. The Morgan fingerprint density at radius 3 is 2.53 bits per heavy atom. The van der Waals surface area contributed by atoms with E-state index in [2.05, 4.69) is 4.90 Å². The molecule has 1 saturated carbocycles. The van der Waals surface area contributed by atoms with Crippen LogP contribution >= 0.6 is 0 Å². The van der Waals surface area contributed by atoms with Crippen molar-refractivity contribution in [2.24, 2.45) is 19.2 Å². The number of aromatic nitrogens is 2. The fourth-order valence-corrected chi connectivity index (χ4v) is 5.86. The number of para-hydroxylation sites is 1. The number of anilines is 2. The van der Waals surface area contributed by atoms with Gasteiger partial charge in [-0.05, 0) is 31.1 Å². The van der Waals surface area contributed by atoms with Crippen molar-refractivity contribution < 1.29 is 4.74 Å². The van der Waals surface area contributed by atoms with E-state index in [-0.39, 0.29) is 23.3 Å². The molecule has 1 aliphatic carbocycles. The molecule has 1 fully saturated rings. The molecule has 4 aliphatic rings. The van der Waals surface area contributed by atoms with Crippen LogP contribution in [0.3, 0.4) is 0 Å². The number of rotatable bonds is 2. The molecule has 4 heterocycles. The van der Waals surface area contributed by atoms with E-state index in [0.717, 1.165) is 31.4 Å². The van der Waals surface area contributed by atoms with E-state index >= 15 is 0 Å². The molecule has 6 rings (SSSR count). The lowest BCUT2D eigenvalue weighted by molar-refractivity contribution is 0.105. The second kappa shape index (κ2) is 6.85. The van der Waals surface area contributed by atoms with Crippen molar-refractivity contribution in [2.45, 2.75) is 49.8 Å². The molecule has 0 N–H and O–H groups in total. The third kappa shape index (κ3) is 2.46. The molecule has 1 aromatic carbocycles. The van der Waals surface area contributed by atoms with Crippen LogP contribution < -0.4 is 21.2 Å². The maximum atomic E-state index is 13.5. The van der Waals surface area contributed by atoms with E-state index < -0.39 is 5.60 Å². The Kier molecular flexibility index (Phi) is 4.15. The first-order valence-corrected chi connectivity index (χ1v) is 11.4. The Labute approximate surface area is 186 Å². The van der Waals surface area contributed by atoms with Gasteiger partial charge in [0.05, 0.1) is 18.5 Å². The summed E-state index contributed by atoms with van der Waals surface area (Å²) in [5.41, 5.74) is 0.649. The third-order valence-electron chi connectivity index (χ3n) is 7.47. The van der Waals surface area contributed by atoms with Crippen molar-refractivity contribution in [3.63, 3.8) is 0 Å². The number of benzene rings is 1. The van der Waals surface area contributed by atoms with Crippen LogP contribution in [0, 0.1) is 0 Å². The molecule has 0 bridgehead atoms. The van der Waals surface area contributed by atoms with Crippen LogP contribution in [-0.4, -0.2) is 39.1 Å². The van der Waals surface area contributed by atoms with Gasteiger partial charge in [0.2, 0.25) is 0 Å². The molecule has 0 saturated heterocycles. The Morgan fingerprint density at radius 1 is 1.03 bits per heavy atom. The fraction of sp³-hybridized carbons (Fsp3) is 0.458. The summed E-state index contributed by atoms with van der Waals surface area (Å²) >= 11 is 0. The van der Waals surface area contributed by atoms with Gasteiger partial charge >= 0.3 is 5.69 Å². The minimum absolute atomic E-state index is 0.152. The van der Waals surface area contributed by atoms with E-state index in [1.807, 2.05) is 41.4 Å². The lowest BCUT2D eigenvalue weighted by Gasteiger charge is -2.46. The van der Waals surface area contributed by atoms with Crippen LogP contribution in [0.4, 0.5) is 11.5 Å². The van der Waals surface area contributed by atoms with E-state index in [9.17, 15) is 9.59 Å². The minimum atomic E-state index is -0.774. The summed E-state index contributed by atoms with van der Waals surface area (Å²) in [5, 5.41) is 6.92. The largest absolute Gasteiger partial charge is 0.484 e. The average molecular weight is 434 g/mol. The molecular weight excluding hydrogens is 406 g/mol. The van der Waals surface area contributed by atoms with Gasteiger partial charge in [0, 0.05) is 20.1 Å². The molecule has 0 amide bonds. The summed E-state index contributed by atoms with van der Waals surface area (Å²) < 4.78 is 9.13. The van der Waals surface area contributed by atoms with E-state index in [0.29, 0.717) is 23.6 Å². The van der Waals surface area contributed by atoms with Crippen molar-refractivity contribution in [2.75, 3.05) is 16.5 Å². The normalized spacial score (nSPS) is 26.4. The van der Waals surface area contributed by atoms with Crippen molar-refractivity contribution in [3.05, 3.63) is 69.1 Å². The van der Waals surface area contributed by atoms with Crippen LogP contribution in [-0.2, 0) is 18.8 Å². The maximum absolute atomic E-state index is 13.5. The Morgan fingerprint density at radius 2 is 1.78 bits per heavy atom. The first-order chi connectivity index (χ1) is 15.5. The van der Waals surface area contributed by atoms with Gasteiger partial charge in [-0.25, -0.2) is 4.79 Å². The number of hydrazone groups is 1. The van der Waals surface area contributed by atoms with Gasteiger partial charge in [-0.15, -0.1) is 0 Å². The smallest absolute Gasteiger partial charge is 0.332 e. The van der Waals surface area contributed by atoms with Crippen LogP contribution in [0.1, 0.15) is 37.7 Å². The molecule has 2 unspecified atom stereocenters. The van der Waals surface area contributed by atoms with Gasteiger partial charge in [0.1, 0.15) is 23.1 Å². The number of hydrogen-bond acceptors (Lipinski definition) is 6. The Bertz CT molecular complexity index is 1250. The molecule has 1 spiro atoms. The molecule has 8 nitrogen and oxygen atoms in total. The minimum Gasteiger partial charge on any atom is -0.484 e. The van der Waals surface area contributed by atoms with Gasteiger partial charge in [0.15, 0.2) is 5.60 Å². The highest BCUT2D eigenvalue weighted by Gasteiger charge is 2.61. The van der Waals surface area contributed by atoms with Crippen LogP contribution in [0.5, 0.6) is 0 Å². The SMILES string of the molecule is Cn1c2c(c(=O)n(C)c1=O)C1=NN(c3ccccc3)C3C=COC13CN2C1CCCCC1. The molecule has 8 heteroatoms. The number of fused-ring (bicyclic) bond motifs is 2. The molecule has 0 radical (unpaired) electrons. The predicted molar refractivity (Wildman–Crippen MR) is 123 cm³/mol. The standard InChI is InChI=1S/C24H27N5O3/c1-26-21-19(22(30)27(2)23(26)31)20-24(15-28(21)16-9-5-3-6-10-16)18(13-14-32-24)29(25-20)17-11-7-4-8-12-17/h4,7-8,11-14,16,18H,3,5-6,9-10,15H2,1-2H3. The van der Waals surface area contributed by atoms with Gasteiger partial charge < -0.3 is 9.64 Å². The summed E-state index contributed by atoms with van der Waals surface area (Å²) in [6.45, 7) is 0.560. The van der Waals surface area contributed by atoms with E-state index in [1.165, 1.54) is 18.0 Å². The summed E-state index contributed by atoms with van der Waals surface area (Å²) in [7, 11) is 3.29. The van der Waals surface area contributed by atoms with Crippen molar-refractivity contribution in [3.8, 4) is 0 Å². The summed E-state index contributed by atoms with van der Waals surface area (Å²) in [4.78, 5) is 28.7. The second-order valence-electron chi connectivity index (χ2n) is 9.23. The fourth-order valence-electron chi connectivity index (χ4n) is 5.86. The zero-order valence-corrected chi connectivity index (χ0v) is 18.4. The van der Waals surface area contributed by atoms with Gasteiger partial charge in [-0.3, -0.25) is 18.9 Å². The van der Waals surface area contributed by atoms with E-state index in [1.54, 1.807) is 17.9 Å². The van der Waals surface area contributed by atoms with Crippen LogP contribution in [0.25, 0.3) is 0 Å². The predicted octanol–water partition coefficient (Wildman–Crippen LogP) is 2.11. The first kappa shape index (κ1) is 19.4. The van der Waals surface area contributed by atoms with Crippen molar-refractivity contribution in [1.82, 2.24) is 9.13 Å². The molecular formula is C24H27N5O3. The molecule has 1 aromatic heterocycles. The highest BCUT2D eigenvalue weighted by atomic mass is 16.5. The molecule has 3 aliphatic heterocycles. The molecule has 2 aromatic rings. The quantitative estimate of drug-likeness (QED) is 0.726. The number of hydrogen-bond donors (Lipinski definition) is 0. The average Bonchev–Trinajstić information content (AvgIpc) is 3.38. The maximum Gasteiger partial charge on any atom is 0.332 e. The monoisotopic (exact) mass is 433 g/mol. The molecule has 2 atom stereocenters. The zero-order chi connectivity index (χ0) is 22.0. The van der Waals surface area contributed by atoms with Gasteiger partial charge in [0.25, 0.3) is 5.56 Å². The van der Waals surface area contributed by atoms with Crippen LogP contribution in [0.15, 0.2) is 57.4 Å². The number of nitrogens with zero attached hydrogens (tertiary/aromatic N) is 5. The molecule has 166 valence electrons. The summed E-state index contributed by atoms with van der Waals surface area (Å²) in [6.07, 6.45) is 9.40. The highest BCUT2D eigenvalue weighted by Crippen LogP contribution is 2.46. The first-order valence-electron chi connectivity index (χ1n) is 11.4. The number of ether oxygens (including phenoxy) is 1. The third-order valence-corrected chi connectivity index (χ3v) is 7.47. The lowest BCUT2D eigenvalue weighted by Crippen LogP contribution is -2.63. The molecule has 32 heavy (non-hydrogen) atoms. The lowest BCUT2D eigenvalue weighted by atomic mass is 9.81. The topological polar surface area (TPSA) is 72.1 Å². The summed E-state index contributed by atoms with van der Waals surface area (Å²) in [5.74, 6) is 0.679. The van der Waals surface area contributed by atoms with E-state index in [4.69, 9.17) is 9.84 Å². The van der Waals surface area contributed by atoms with Gasteiger partial charge in [-0.2, -0.15) is 5.10 Å². The highest BCUT2D eigenvalue weighted by molar-refractivity contribution is 6.15. The summed E-state index contributed by atoms with van der Waals surface area (Å²) in [6, 6.07) is 10.1. The van der Waals surface area contributed by atoms with Crippen molar-refractivity contribution >= 4 is 17.2 Å². The second-order valence-corrected chi connectivity index (χ2v) is 9.23. The Hall–Kier alpha value is -3.29. The van der Waals surface area contributed by atoms with Crippen molar-refractivity contribution in [1.29, 1.82) is 0 Å². The van der Waals surface area contributed by atoms with Crippen LogP contribution in [0.2, 0.25) is 0 Å². The zero-order valence-electron chi connectivity index (χ0n) is 18.4.